The van der Waals surface area contributed by atoms with Crippen LogP contribution < -0.4 is 0 Å². The van der Waals surface area contributed by atoms with Gasteiger partial charge >= 0.3 is 11.9 Å². The predicted molar refractivity (Wildman–Crippen MR) is 49.8 cm³/mol. The van der Waals surface area contributed by atoms with Crippen molar-refractivity contribution in [3.8, 4) is 0 Å². The highest BCUT2D eigenvalue weighted by atomic mass is 19.3. The van der Waals surface area contributed by atoms with E-state index in [0.29, 0.717) is 12.8 Å². The topological polar surface area (TPSA) is 46.6 Å². The van der Waals surface area contributed by atoms with Gasteiger partial charge in [-0.3, -0.25) is 4.79 Å². The zero-order valence-electron chi connectivity index (χ0n) is 8.91. The lowest BCUT2D eigenvalue weighted by molar-refractivity contribution is -0.157. The molecule has 0 aromatic rings. The molecule has 1 aliphatic carbocycles. The molecule has 90 valence electrons. The minimum absolute atomic E-state index is 0.0361. The largest absolute Gasteiger partial charge is 0.462 e. The van der Waals surface area contributed by atoms with E-state index in [2.05, 4.69) is 4.74 Å². The van der Waals surface area contributed by atoms with Gasteiger partial charge in [-0.05, 0) is 18.3 Å². The summed E-state index contributed by atoms with van der Waals surface area (Å²) in [6.07, 6.45) is -1.00. The van der Waals surface area contributed by atoms with E-state index < -0.39 is 29.6 Å². The standard InChI is InChI=1S/C10H13F2NO3/c1-16-9(15)8(14)13-4-6(7(11)12)10(5-13)2-3-10/h6-7H,2-5H2,1H3. The first-order chi connectivity index (χ1) is 7.50. The molecule has 2 rings (SSSR count). The smallest absolute Gasteiger partial charge is 0.396 e. The van der Waals surface area contributed by atoms with Crippen LogP contribution in [0, 0.1) is 11.3 Å². The van der Waals surface area contributed by atoms with Crippen LogP contribution in [-0.4, -0.2) is 43.4 Å². The maximum absolute atomic E-state index is 12.7. The fourth-order valence-corrected chi connectivity index (χ4v) is 2.40. The van der Waals surface area contributed by atoms with Crippen LogP contribution in [0.1, 0.15) is 12.8 Å². The lowest BCUT2D eigenvalue weighted by atomic mass is 9.93. The number of halogens is 2. The molecular weight excluding hydrogens is 220 g/mol. The molecule has 2 fully saturated rings. The molecule has 0 N–H and O–H groups in total. The van der Waals surface area contributed by atoms with Crippen molar-refractivity contribution in [2.24, 2.45) is 11.3 Å². The van der Waals surface area contributed by atoms with Gasteiger partial charge in [0, 0.05) is 19.0 Å². The van der Waals surface area contributed by atoms with Crippen molar-refractivity contribution in [1.29, 1.82) is 0 Å². The third-order valence-electron chi connectivity index (χ3n) is 3.55. The molecule has 1 amide bonds. The lowest BCUT2D eigenvalue weighted by Crippen LogP contribution is -2.36. The fourth-order valence-electron chi connectivity index (χ4n) is 2.40. The number of methoxy groups -OCH3 is 1. The van der Waals surface area contributed by atoms with Gasteiger partial charge in [0.1, 0.15) is 0 Å². The monoisotopic (exact) mass is 233 g/mol. The maximum atomic E-state index is 12.7. The van der Waals surface area contributed by atoms with Gasteiger partial charge < -0.3 is 9.64 Å². The molecule has 6 heteroatoms. The highest BCUT2D eigenvalue weighted by Crippen LogP contribution is 2.57. The van der Waals surface area contributed by atoms with Crippen molar-refractivity contribution in [3.63, 3.8) is 0 Å². The van der Waals surface area contributed by atoms with E-state index in [-0.39, 0.29) is 13.1 Å². The van der Waals surface area contributed by atoms with Gasteiger partial charge in [-0.2, -0.15) is 0 Å². The second-order valence-corrected chi connectivity index (χ2v) is 4.48. The summed E-state index contributed by atoms with van der Waals surface area (Å²) in [7, 11) is 1.10. The molecule has 2 aliphatic rings. The van der Waals surface area contributed by atoms with Gasteiger partial charge in [0.25, 0.3) is 0 Å². The second-order valence-electron chi connectivity index (χ2n) is 4.48. The summed E-state index contributed by atoms with van der Waals surface area (Å²) in [6, 6.07) is 0. The molecule has 1 spiro atoms. The molecule has 0 aromatic carbocycles. The predicted octanol–water partition coefficient (Wildman–Crippen LogP) is 0.663. The highest BCUT2D eigenvalue weighted by molar-refractivity contribution is 6.32. The van der Waals surface area contributed by atoms with Crippen LogP contribution in [0.4, 0.5) is 8.78 Å². The third kappa shape index (κ3) is 1.66. The Hall–Kier alpha value is -1.20. The molecular formula is C10H13F2NO3. The van der Waals surface area contributed by atoms with Crippen LogP contribution in [-0.2, 0) is 14.3 Å². The summed E-state index contributed by atoms with van der Waals surface area (Å²) in [5, 5.41) is 0. The zero-order chi connectivity index (χ0) is 11.9. The van der Waals surface area contributed by atoms with Crippen LogP contribution in [0.25, 0.3) is 0 Å². The number of ether oxygens (including phenoxy) is 1. The van der Waals surface area contributed by atoms with Gasteiger partial charge in [-0.1, -0.05) is 0 Å². The molecule has 1 unspecified atom stereocenters. The van der Waals surface area contributed by atoms with E-state index in [1.807, 2.05) is 0 Å². The molecule has 1 atom stereocenters. The molecule has 0 radical (unpaired) electrons. The summed E-state index contributed by atoms with van der Waals surface area (Å²) in [4.78, 5) is 23.7. The van der Waals surface area contributed by atoms with E-state index in [9.17, 15) is 18.4 Å². The Bertz CT molecular complexity index is 328. The van der Waals surface area contributed by atoms with E-state index in [4.69, 9.17) is 0 Å². The Balaban J connectivity index is 2.06. The van der Waals surface area contributed by atoms with Crippen molar-refractivity contribution in [2.45, 2.75) is 19.3 Å². The molecule has 1 saturated carbocycles. The maximum Gasteiger partial charge on any atom is 0.396 e. The van der Waals surface area contributed by atoms with E-state index in [1.165, 1.54) is 4.90 Å². The number of carbonyl (C=O) groups is 2. The van der Waals surface area contributed by atoms with Crippen LogP contribution in [0.5, 0.6) is 0 Å². The summed E-state index contributed by atoms with van der Waals surface area (Å²) in [6.45, 7) is 0.224. The minimum atomic E-state index is -2.43. The Labute approximate surface area is 91.5 Å². The first kappa shape index (κ1) is 11.3. The molecule has 0 aromatic heterocycles. The Kier molecular flexibility index (Phi) is 2.59. The SMILES string of the molecule is COC(=O)C(=O)N1CC(C(F)F)C2(CC2)C1. The zero-order valence-corrected chi connectivity index (χ0v) is 8.91. The average molecular weight is 233 g/mol. The lowest BCUT2D eigenvalue weighted by Gasteiger charge is -2.14. The molecule has 4 nitrogen and oxygen atoms in total. The number of alkyl halides is 2. The number of rotatable bonds is 1. The van der Waals surface area contributed by atoms with E-state index in [1.54, 1.807) is 0 Å². The number of carbonyl (C=O) groups excluding carboxylic acids is 2. The van der Waals surface area contributed by atoms with Crippen molar-refractivity contribution < 1.29 is 23.1 Å². The fraction of sp³-hybridized carbons (Fsp3) is 0.800. The van der Waals surface area contributed by atoms with Crippen LogP contribution in [0.2, 0.25) is 0 Å². The summed E-state index contributed by atoms with van der Waals surface area (Å²) < 4.78 is 29.8. The number of esters is 1. The minimum Gasteiger partial charge on any atom is -0.462 e. The van der Waals surface area contributed by atoms with Crippen molar-refractivity contribution in [2.75, 3.05) is 20.2 Å². The normalized spacial score (nSPS) is 26.2. The quantitative estimate of drug-likeness (QED) is 0.494. The van der Waals surface area contributed by atoms with E-state index >= 15 is 0 Å². The van der Waals surface area contributed by atoms with Crippen LogP contribution in [0.3, 0.4) is 0 Å². The van der Waals surface area contributed by atoms with Gasteiger partial charge in [-0.15, -0.1) is 0 Å². The van der Waals surface area contributed by atoms with Gasteiger partial charge in [0.05, 0.1) is 7.11 Å². The molecule has 16 heavy (non-hydrogen) atoms. The summed E-state index contributed by atoms with van der Waals surface area (Å²) >= 11 is 0. The average Bonchev–Trinajstić information content (AvgIpc) is 2.89. The third-order valence-corrected chi connectivity index (χ3v) is 3.55. The van der Waals surface area contributed by atoms with Crippen LogP contribution in [0.15, 0.2) is 0 Å². The first-order valence-corrected chi connectivity index (χ1v) is 5.15. The second kappa shape index (κ2) is 3.68. The van der Waals surface area contributed by atoms with Gasteiger partial charge in [0.2, 0.25) is 6.43 Å². The molecule has 1 saturated heterocycles. The van der Waals surface area contributed by atoms with Crippen molar-refractivity contribution in [1.82, 2.24) is 4.90 Å². The Morgan fingerprint density at radius 2 is 2.06 bits per heavy atom. The number of nitrogens with zero attached hydrogens (tertiary/aromatic N) is 1. The number of hydrogen-bond acceptors (Lipinski definition) is 3. The summed E-state index contributed by atoms with van der Waals surface area (Å²) in [5.74, 6) is -2.58. The van der Waals surface area contributed by atoms with Crippen molar-refractivity contribution in [3.05, 3.63) is 0 Å². The number of likely N-dealkylation sites (tertiary alicyclic amines) is 1. The Morgan fingerprint density at radius 1 is 1.44 bits per heavy atom. The van der Waals surface area contributed by atoms with E-state index in [0.717, 1.165) is 7.11 Å². The summed E-state index contributed by atoms with van der Waals surface area (Å²) in [5.41, 5.74) is -0.433. The molecule has 0 bridgehead atoms. The van der Waals surface area contributed by atoms with Gasteiger partial charge in [-0.25, -0.2) is 13.6 Å². The highest BCUT2D eigenvalue weighted by Gasteiger charge is 2.59. The number of amides is 1. The van der Waals surface area contributed by atoms with Gasteiger partial charge in [0.15, 0.2) is 0 Å². The van der Waals surface area contributed by atoms with Crippen molar-refractivity contribution >= 4 is 11.9 Å². The first-order valence-electron chi connectivity index (χ1n) is 5.15. The number of hydrogen-bond donors (Lipinski definition) is 0. The molecule has 1 heterocycles. The molecule has 1 aliphatic heterocycles. The van der Waals surface area contributed by atoms with Crippen LogP contribution >= 0.6 is 0 Å². The Morgan fingerprint density at radius 3 is 2.44 bits per heavy atom.